The number of cyclic esters (lactones) is 1. The van der Waals surface area contributed by atoms with Gasteiger partial charge in [-0.15, -0.1) is 0 Å². The number of carbonyl (C=O) groups excluding carboxylic acids is 2. The Hall–Kier alpha value is -1.74. The Morgan fingerprint density at radius 2 is 1.53 bits per heavy atom. The van der Waals surface area contributed by atoms with Crippen molar-refractivity contribution in [1.29, 1.82) is 0 Å². The number of hydrogen-bond donors (Lipinski definition) is 5. The van der Waals surface area contributed by atoms with E-state index in [-0.39, 0.29) is 37.9 Å². The Bertz CT molecular complexity index is 1300. The third-order valence-electron chi connectivity index (χ3n) is 9.33. The lowest BCUT2D eigenvalue weighted by atomic mass is 9.95. The number of unbranched alkanes of at least 4 members (excludes halogenated alkanes) is 4. The highest BCUT2D eigenvalue weighted by molar-refractivity contribution is 7.83. The summed E-state index contributed by atoms with van der Waals surface area (Å²) in [6, 6.07) is -1.24. The van der Waals surface area contributed by atoms with Gasteiger partial charge in [-0.25, -0.2) is 4.18 Å². The first kappa shape index (κ1) is 43.7. The number of aliphatic hydroxyl groups is 1. The lowest BCUT2D eigenvalue weighted by Crippen LogP contribution is -2.41. The van der Waals surface area contributed by atoms with E-state index in [0.717, 1.165) is 96.3 Å². The van der Waals surface area contributed by atoms with E-state index in [4.69, 9.17) is 28.1 Å². The minimum absolute atomic E-state index is 0.134. The van der Waals surface area contributed by atoms with Crippen LogP contribution in [0.25, 0.3) is 0 Å². The number of rotatable bonds is 16. The van der Waals surface area contributed by atoms with Gasteiger partial charge >= 0.3 is 26.7 Å². The predicted molar refractivity (Wildman–Crippen MR) is 185 cm³/mol. The minimum Gasteiger partial charge on any atom is -0.458 e. The number of hydrogen-bond acceptors (Lipinski definition) is 12. The molecule has 3 aliphatic heterocycles. The van der Waals surface area contributed by atoms with Crippen molar-refractivity contribution in [2.45, 2.75) is 158 Å². The Kier molecular flexibility index (Phi) is 19.2. The first-order valence-corrected chi connectivity index (χ1v) is 21.2. The van der Waals surface area contributed by atoms with Crippen LogP contribution in [-0.2, 0) is 53.4 Å². The second-order valence-electron chi connectivity index (χ2n) is 13.7. The van der Waals surface area contributed by atoms with E-state index in [1.165, 1.54) is 6.08 Å². The van der Waals surface area contributed by atoms with Crippen molar-refractivity contribution in [3.8, 4) is 0 Å². The van der Waals surface area contributed by atoms with E-state index >= 15 is 0 Å². The first-order chi connectivity index (χ1) is 24.2. The number of nitrogens with one attached hydrogen (secondary N) is 2. The molecule has 5 N–H and O–H groups in total. The third-order valence-corrected chi connectivity index (χ3v) is 10.4. The molecule has 6 unspecified atom stereocenters. The molecule has 0 aromatic rings. The number of esters is 1. The molecule has 51 heavy (non-hydrogen) atoms. The topological polar surface area (TPSA) is 233 Å². The van der Waals surface area contributed by atoms with Crippen LogP contribution in [-0.4, -0.2) is 106 Å². The van der Waals surface area contributed by atoms with Crippen molar-refractivity contribution >= 4 is 32.6 Å². The second-order valence-corrected chi connectivity index (χ2v) is 16.0. The van der Waals surface area contributed by atoms with Crippen LogP contribution in [0.3, 0.4) is 0 Å². The van der Waals surface area contributed by atoms with E-state index in [0.29, 0.717) is 25.7 Å². The van der Waals surface area contributed by atoms with Gasteiger partial charge in [-0.1, -0.05) is 51.0 Å². The van der Waals surface area contributed by atoms with Gasteiger partial charge in [-0.05, 0) is 70.3 Å². The van der Waals surface area contributed by atoms with Gasteiger partial charge in [-0.3, -0.25) is 18.7 Å². The first-order valence-electron chi connectivity index (χ1n) is 18.4. The van der Waals surface area contributed by atoms with Gasteiger partial charge in [0.25, 0.3) is 0 Å². The molecular weight excluding hydrogens is 712 g/mol. The highest BCUT2D eigenvalue weighted by Gasteiger charge is 2.49. The fourth-order valence-corrected chi connectivity index (χ4v) is 7.69. The molecule has 3 heterocycles. The molecule has 0 aromatic carbocycles. The summed E-state index contributed by atoms with van der Waals surface area (Å²) in [5.41, 5.74) is 0. The maximum atomic E-state index is 12.6. The SMILES string of the molecule is O=C1C=CCCCCCC2OC3(CCCCCC(C(O)CCCCCCCOCC(COS(=O)(=O)O)NS(=O)(=O)O)OC(=O)CN1)CCCC2O3. The lowest BCUT2D eigenvalue weighted by molar-refractivity contribution is -0.198. The van der Waals surface area contributed by atoms with Crippen LogP contribution in [0.5, 0.6) is 0 Å². The smallest absolute Gasteiger partial charge is 0.397 e. The largest absolute Gasteiger partial charge is 0.458 e. The number of aliphatic hydroxyl groups excluding tert-OH is 1. The molecule has 0 radical (unpaired) electrons. The van der Waals surface area contributed by atoms with Crippen molar-refractivity contribution in [1.82, 2.24) is 10.0 Å². The summed E-state index contributed by atoms with van der Waals surface area (Å²) in [5.74, 6) is -1.46. The molecule has 2 fully saturated rings. The molecule has 3 rings (SSSR count). The fourth-order valence-electron chi connectivity index (χ4n) is 6.80. The summed E-state index contributed by atoms with van der Waals surface area (Å²) in [6.45, 7) is -1.13. The zero-order valence-corrected chi connectivity index (χ0v) is 31.1. The van der Waals surface area contributed by atoms with Gasteiger partial charge in [0.1, 0.15) is 12.6 Å². The number of carbonyl (C=O) groups is 2. The van der Waals surface area contributed by atoms with E-state index in [1.807, 2.05) is 6.08 Å². The molecular formula is C33H58N2O14S2. The Labute approximate surface area is 302 Å². The average Bonchev–Trinajstić information content (AvgIpc) is 3.30. The van der Waals surface area contributed by atoms with E-state index < -0.39 is 57.3 Å². The molecule has 2 saturated heterocycles. The van der Waals surface area contributed by atoms with Crippen LogP contribution in [0.15, 0.2) is 12.2 Å². The van der Waals surface area contributed by atoms with Crippen molar-refractivity contribution in [2.24, 2.45) is 0 Å². The molecule has 0 aromatic heterocycles. The highest BCUT2D eigenvalue weighted by Crippen LogP contribution is 2.44. The second kappa shape index (κ2) is 22.5. The molecule has 3 aliphatic rings. The van der Waals surface area contributed by atoms with Crippen LogP contribution in [0.2, 0.25) is 0 Å². The average molecular weight is 771 g/mol. The number of ether oxygens (including phenoxy) is 4. The number of allylic oxidation sites excluding steroid dienone is 1. The lowest BCUT2D eigenvalue weighted by Gasteiger charge is -2.31. The maximum Gasteiger partial charge on any atom is 0.397 e. The van der Waals surface area contributed by atoms with Gasteiger partial charge in [0.2, 0.25) is 5.91 Å². The van der Waals surface area contributed by atoms with E-state index in [1.54, 1.807) is 4.72 Å². The van der Waals surface area contributed by atoms with Gasteiger partial charge in [0.05, 0.1) is 37.6 Å². The molecule has 1 amide bonds. The summed E-state index contributed by atoms with van der Waals surface area (Å²) in [6.07, 6.45) is 17.7. The summed E-state index contributed by atoms with van der Waals surface area (Å²) in [5, 5.41) is 13.6. The predicted octanol–water partition coefficient (Wildman–Crippen LogP) is 3.45. The van der Waals surface area contributed by atoms with Gasteiger partial charge in [0, 0.05) is 19.4 Å². The zero-order valence-electron chi connectivity index (χ0n) is 29.5. The van der Waals surface area contributed by atoms with Crippen LogP contribution in [0.1, 0.15) is 122 Å². The maximum absolute atomic E-state index is 12.6. The minimum atomic E-state index is -4.80. The molecule has 1 spiro atoms. The van der Waals surface area contributed by atoms with Crippen LogP contribution < -0.4 is 10.0 Å². The van der Waals surface area contributed by atoms with Crippen LogP contribution in [0.4, 0.5) is 0 Å². The van der Waals surface area contributed by atoms with Crippen molar-refractivity contribution in [3.63, 3.8) is 0 Å². The number of fused-ring (bicyclic) bond motifs is 3. The molecule has 16 nitrogen and oxygen atoms in total. The Balaban J connectivity index is 1.40. The summed E-state index contributed by atoms with van der Waals surface area (Å²) in [7, 11) is -9.46. The van der Waals surface area contributed by atoms with Crippen molar-refractivity contribution in [3.05, 3.63) is 12.2 Å². The highest BCUT2D eigenvalue weighted by atomic mass is 32.3. The van der Waals surface area contributed by atoms with Crippen molar-refractivity contribution < 1.29 is 63.8 Å². The van der Waals surface area contributed by atoms with Crippen LogP contribution >= 0.6 is 0 Å². The normalized spacial score (nSPS) is 27.5. The molecule has 3 bridgehead atoms. The summed E-state index contributed by atoms with van der Waals surface area (Å²) < 4.78 is 91.2. The van der Waals surface area contributed by atoms with E-state index in [9.17, 15) is 31.5 Å². The zero-order chi connectivity index (χ0) is 37.2. The van der Waals surface area contributed by atoms with Gasteiger partial charge < -0.3 is 29.4 Å². The van der Waals surface area contributed by atoms with E-state index in [2.05, 4.69) is 9.50 Å². The molecule has 18 heteroatoms. The van der Waals surface area contributed by atoms with Crippen molar-refractivity contribution in [2.75, 3.05) is 26.4 Å². The summed E-state index contributed by atoms with van der Waals surface area (Å²) >= 11 is 0. The third kappa shape index (κ3) is 18.7. The Morgan fingerprint density at radius 3 is 2.27 bits per heavy atom. The molecule has 296 valence electrons. The van der Waals surface area contributed by atoms with Crippen LogP contribution in [0, 0.1) is 0 Å². The van der Waals surface area contributed by atoms with Gasteiger partial charge in [-0.2, -0.15) is 21.6 Å². The fraction of sp³-hybridized carbons (Fsp3) is 0.879. The van der Waals surface area contributed by atoms with Gasteiger partial charge in [0.15, 0.2) is 5.79 Å². The molecule has 0 aliphatic carbocycles. The monoisotopic (exact) mass is 770 g/mol. The quantitative estimate of drug-likeness (QED) is 0.0860. The molecule has 0 saturated carbocycles. The summed E-state index contributed by atoms with van der Waals surface area (Å²) in [4.78, 5) is 24.9. The molecule has 6 atom stereocenters. The number of amides is 1. The Morgan fingerprint density at radius 1 is 0.863 bits per heavy atom. The standard InChI is InChI=1S/C33H58N2O14S2/c36-27(15-8-3-2-6-13-22-45-24-26(35-50(39,40)41)25-46-51(42,43)44)28-16-10-7-12-20-33-21-14-18-30(49-33)29(48-33)17-9-4-1-5-11-19-31(37)34-23-32(38)47-28/h11,19,26-30,35-36H,1-10,12-18,20-25H2,(H,34,37)(H,39,40,41)(H,42,43,44).